The molecule has 0 saturated heterocycles. The lowest BCUT2D eigenvalue weighted by atomic mass is 10.0. The quantitative estimate of drug-likeness (QED) is 0.714. The highest BCUT2D eigenvalue weighted by atomic mass is 32.2. The van der Waals surface area contributed by atoms with Gasteiger partial charge in [0.25, 0.3) is 0 Å². The lowest BCUT2D eigenvalue weighted by Gasteiger charge is -2.07. The third-order valence-corrected chi connectivity index (χ3v) is 3.90. The summed E-state index contributed by atoms with van der Waals surface area (Å²) in [6.45, 7) is 0. The van der Waals surface area contributed by atoms with Gasteiger partial charge in [-0.1, -0.05) is 30.3 Å². The molecular weight excluding hydrogens is 254 g/mol. The van der Waals surface area contributed by atoms with Gasteiger partial charge >= 0.3 is 0 Å². The number of H-pyrrole nitrogens is 1. The third kappa shape index (κ3) is 2.29. The van der Waals surface area contributed by atoms with Crippen LogP contribution in [-0.2, 0) is 0 Å². The maximum Gasteiger partial charge on any atom is 0.249 e. The van der Waals surface area contributed by atoms with Crippen LogP contribution in [0.4, 0.5) is 0 Å². The van der Waals surface area contributed by atoms with E-state index in [1.807, 2.05) is 24.3 Å². The van der Waals surface area contributed by atoms with Gasteiger partial charge in [0.05, 0.1) is 0 Å². The first-order chi connectivity index (χ1) is 9.28. The van der Waals surface area contributed by atoms with Gasteiger partial charge in [-0.05, 0) is 35.6 Å². The second kappa shape index (κ2) is 4.94. The molecule has 0 radical (unpaired) electrons. The molecule has 3 heteroatoms. The summed E-state index contributed by atoms with van der Waals surface area (Å²) in [6.07, 6.45) is 2.05. The average Bonchev–Trinajstić information content (AvgIpc) is 2.46. The van der Waals surface area contributed by atoms with Crippen molar-refractivity contribution < 1.29 is 0 Å². The Morgan fingerprint density at radius 3 is 2.47 bits per heavy atom. The number of pyridine rings is 1. The van der Waals surface area contributed by atoms with Crippen molar-refractivity contribution in [2.45, 2.75) is 4.90 Å². The average molecular weight is 267 g/mol. The summed E-state index contributed by atoms with van der Waals surface area (Å²) in [6, 6.07) is 17.8. The number of para-hydroxylation sites is 1. The SMILES string of the molecule is CSc1ccc(-c2cc(=O)[nH]c3ccccc23)cc1. The first kappa shape index (κ1) is 12.1. The largest absolute Gasteiger partial charge is 0.322 e. The van der Waals surface area contributed by atoms with Gasteiger partial charge in [-0.15, -0.1) is 11.8 Å². The van der Waals surface area contributed by atoms with Crippen molar-refractivity contribution in [3.8, 4) is 11.1 Å². The Morgan fingerprint density at radius 2 is 1.74 bits per heavy atom. The molecule has 0 atom stereocenters. The molecule has 0 saturated carbocycles. The number of aromatic amines is 1. The molecule has 3 rings (SSSR count). The van der Waals surface area contributed by atoms with Crippen LogP contribution in [0.1, 0.15) is 0 Å². The molecule has 0 unspecified atom stereocenters. The maximum atomic E-state index is 11.7. The summed E-state index contributed by atoms with van der Waals surface area (Å²) in [7, 11) is 0. The van der Waals surface area contributed by atoms with Crippen LogP contribution in [-0.4, -0.2) is 11.2 Å². The van der Waals surface area contributed by atoms with Gasteiger partial charge in [0, 0.05) is 21.9 Å². The van der Waals surface area contributed by atoms with E-state index in [1.165, 1.54) is 4.90 Å². The minimum atomic E-state index is -0.0670. The molecule has 0 spiro atoms. The van der Waals surface area contributed by atoms with Crippen molar-refractivity contribution in [2.75, 3.05) is 6.26 Å². The smallest absolute Gasteiger partial charge is 0.249 e. The highest BCUT2D eigenvalue weighted by molar-refractivity contribution is 7.98. The molecule has 1 aromatic heterocycles. The minimum absolute atomic E-state index is 0.0670. The number of hydrogen-bond donors (Lipinski definition) is 1. The lowest BCUT2D eigenvalue weighted by molar-refractivity contribution is 1.31. The molecule has 94 valence electrons. The van der Waals surface area contributed by atoms with Crippen LogP contribution in [0.5, 0.6) is 0 Å². The van der Waals surface area contributed by atoms with Gasteiger partial charge in [0.15, 0.2) is 0 Å². The molecule has 0 bridgehead atoms. The third-order valence-electron chi connectivity index (χ3n) is 3.15. The summed E-state index contributed by atoms with van der Waals surface area (Å²) in [5.41, 5.74) is 2.86. The molecule has 19 heavy (non-hydrogen) atoms. The van der Waals surface area contributed by atoms with Gasteiger partial charge in [0.1, 0.15) is 0 Å². The van der Waals surface area contributed by atoms with E-state index in [0.29, 0.717) is 0 Å². The van der Waals surface area contributed by atoms with E-state index in [-0.39, 0.29) is 5.56 Å². The first-order valence-electron chi connectivity index (χ1n) is 6.04. The molecular formula is C16H13NOS. The number of benzene rings is 2. The molecule has 0 aliphatic carbocycles. The van der Waals surface area contributed by atoms with Crippen molar-refractivity contribution in [3.63, 3.8) is 0 Å². The van der Waals surface area contributed by atoms with Crippen molar-refractivity contribution in [2.24, 2.45) is 0 Å². The van der Waals surface area contributed by atoms with Crippen LogP contribution in [0.3, 0.4) is 0 Å². The van der Waals surface area contributed by atoms with Crippen LogP contribution in [0.15, 0.2) is 64.3 Å². The number of hydrogen-bond acceptors (Lipinski definition) is 2. The molecule has 2 nitrogen and oxygen atoms in total. The Kier molecular flexibility index (Phi) is 3.13. The van der Waals surface area contributed by atoms with Crippen molar-refractivity contribution in [3.05, 3.63) is 65.0 Å². The highest BCUT2D eigenvalue weighted by Gasteiger charge is 2.05. The summed E-state index contributed by atoms with van der Waals surface area (Å²) in [4.78, 5) is 15.8. The van der Waals surface area contributed by atoms with Crippen LogP contribution >= 0.6 is 11.8 Å². The zero-order chi connectivity index (χ0) is 13.2. The Hall–Kier alpha value is -2.00. The Bertz CT molecular complexity index is 775. The fraction of sp³-hybridized carbons (Fsp3) is 0.0625. The molecule has 2 aromatic carbocycles. The molecule has 1 N–H and O–H groups in total. The fourth-order valence-corrected chi connectivity index (χ4v) is 2.62. The van der Waals surface area contributed by atoms with E-state index >= 15 is 0 Å². The monoisotopic (exact) mass is 267 g/mol. The number of thioether (sulfide) groups is 1. The molecule has 0 aliphatic heterocycles. The minimum Gasteiger partial charge on any atom is -0.322 e. The lowest BCUT2D eigenvalue weighted by Crippen LogP contribution is -2.04. The number of nitrogens with one attached hydrogen (secondary N) is 1. The van der Waals surface area contributed by atoms with Gasteiger partial charge in [-0.2, -0.15) is 0 Å². The second-order valence-corrected chi connectivity index (χ2v) is 5.20. The van der Waals surface area contributed by atoms with E-state index in [4.69, 9.17) is 0 Å². The van der Waals surface area contributed by atoms with Crippen LogP contribution in [0.25, 0.3) is 22.0 Å². The fourth-order valence-electron chi connectivity index (χ4n) is 2.21. The van der Waals surface area contributed by atoms with E-state index in [9.17, 15) is 4.79 Å². The summed E-state index contributed by atoms with van der Waals surface area (Å²) >= 11 is 1.71. The topological polar surface area (TPSA) is 32.9 Å². The molecule has 0 amide bonds. The molecule has 3 aromatic rings. The van der Waals surface area contributed by atoms with Crippen molar-refractivity contribution in [1.82, 2.24) is 4.98 Å². The predicted octanol–water partition coefficient (Wildman–Crippen LogP) is 3.92. The Labute approximate surface area is 115 Å². The summed E-state index contributed by atoms with van der Waals surface area (Å²) in [5, 5.41) is 1.07. The zero-order valence-corrected chi connectivity index (χ0v) is 11.3. The van der Waals surface area contributed by atoms with Gasteiger partial charge in [-0.25, -0.2) is 0 Å². The molecule has 1 heterocycles. The summed E-state index contributed by atoms with van der Waals surface area (Å²) in [5.74, 6) is 0. The maximum absolute atomic E-state index is 11.7. The van der Waals surface area contributed by atoms with E-state index in [1.54, 1.807) is 17.8 Å². The number of fused-ring (bicyclic) bond motifs is 1. The molecule has 0 aliphatic rings. The van der Waals surface area contributed by atoms with E-state index in [0.717, 1.165) is 22.0 Å². The standard InChI is InChI=1S/C16H13NOS/c1-19-12-8-6-11(7-9-12)14-10-16(18)17-15-5-3-2-4-13(14)15/h2-10H,1H3,(H,17,18). The first-order valence-corrected chi connectivity index (χ1v) is 7.27. The van der Waals surface area contributed by atoms with E-state index < -0.39 is 0 Å². The predicted molar refractivity (Wildman–Crippen MR) is 81.8 cm³/mol. The number of aromatic nitrogens is 1. The van der Waals surface area contributed by atoms with Gasteiger partial charge < -0.3 is 4.98 Å². The van der Waals surface area contributed by atoms with Crippen LogP contribution in [0.2, 0.25) is 0 Å². The Morgan fingerprint density at radius 1 is 1.00 bits per heavy atom. The normalized spacial score (nSPS) is 10.8. The van der Waals surface area contributed by atoms with Gasteiger partial charge in [0.2, 0.25) is 5.56 Å². The molecule has 0 fully saturated rings. The van der Waals surface area contributed by atoms with Crippen molar-refractivity contribution >= 4 is 22.7 Å². The van der Waals surface area contributed by atoms with Crippen LogP contribution < -0.4 is 5.56 Å². The number of rotatable bonds is 2. The summed E-state index contributed by atoms with van der Waals surface area (Å²) < 4.78 is 0. The van der Waals surface area contributed by atoms with E-state index in [2.05, 4.69) is 35.5 Å². The Balaban J connectivity index is 2.25. The van der Waals surface area contributed by atoms with Crippen molar-refractivity contribution in [1.29, 1.82) is 0 Å². The zero-order valence-electron chi connectivity index (χ0n) is 10.5. The van der Waals surface area contributed by atoms with Gasteiger partial charge in [-0.3, -0.25) is 4.79 Å². The van der Waals surface area contributed by atoms with Crippen LogP contribution in [0, 0.1) is 0 Å². The second-order valence-electron chi connectivity index (χ2n) is 4.32. The highest BCUT2D eigenvalue weighted by Crippen LogP contribution is 2.27.